The van der Waals surface area contributed by atoms with Gasteiger partial charge in [-0.15, -0.1) is 11.3 Å². The van der Waals surface area contributed by atoms with Crippen molar-refractivity contribution in [3.05, 3.63) is 65.7 Å². The van der Waals surface area contributed by atoms with Crippen LogP contribution >= 0.6 is 11.3 Å². The van der Waals surface area contributed by atoms with Crippen LogP contribution in [-0.2, 0) is 6.42 Å². The van der Waals surface area contributed by atoms with E-state index in [0.29, 0.717) is 5.92 Å². The summed E-state index contributed by atoms with van der Waals surface area (Å²) in [7, 11) is 0. The van der Waals surface area contributed by atoms with Gasteiger partial charge in [0, 0.05) is 20.2 Å². The molecule has 0 aliphatic heterocycles. The minimum Gasteiger partial charge on any atom is -0.135 e. The summed E-state index contributed by atoms with van der Waals surface area (Å²) < 4.78 is 2.82. The van der Waals surface area contributed by atoms with Crippen molar-refractivity contribution in [1.29, 1.82) is 0 Å². The van der Waals surface area contributed by atoms with Crippen molar-refractivity contribution >= 4 is 48.4 Å². The number of rotatable bonds is 0. The van der Waals surface area contributed by atoms with Gasteiger partial charge in [-0.25, -0.2) is 0 Å². The minimum absolute atomic E-state index is 0.655. The van der Waals surface area contributed by atoms with E-state index >= 15 is 0 Å². The van der Waals surface area contributed by atoms with Gasteiger partial charge < -0.3 is 0 Å². The SMILES string of the molecule is CC1C=Cc2cc3c(cc2C1)sc1cc2ccccc2cc13. The molecule has 1 unspecified atom stereocenters. The second-order valence-electron chi connectivity index (χ2n) is 6.39. The number of benzene rings is 3. The zero-order chi connectivity index (χ0) is 14.7. The molecule has 106 valence electrons. The predicted molar refractivity (Wildman–Crippen MR) is 98.7 cm³/mol. The molecule has 1 heteroatoms. The Kier molecular flexibility index (Phi) is 2.51. The first-order chi connectivity index (χ1) is 10.8. The van der Waals surface area contributed by atoms with Gasteiger partial charge in [-0.2, -0.15) is 0 Å². The Bertz CT molecular complexity index is 1070. The van der Waals surface area contributed by atoms with E-state index in [1.54, 1.807) is 0 Å². The minimum atomic E-state index is 0.655. The monoisotopic (exact) mass is 300 g/mol. The molecule has 3 aromatic carbocycles. The van der Waals surface area contributed by atoms with Crippen molar-refractivity contribution in [2.45, 2.75) is 13.3 Å². The van der Waals surface area contributed by atoms with Gasteiger partial charge in [0.2, 0.25) is 0 Å². The van der Waals surface area contributed by atoms with E-state index < -0.39 is 0 Å². The molecule has 0 saturated heterocycles. The molecule has 0 spiro atoms. The molecule has 0 amide bonds. The van der Waals surface area contributed by atoms with Crippen LogP contribution in [0.15, 0.2) is 54.6 Å². The quantitative estimate of drug-likeness (QED) is 0.352. The van der Waals surface area contributed by atoms with Gasteiger partial charge in [0.25, 0.3) is 0 Å². The van der Waals surface area contributed by atoms with Crippen molar-refractivity contribution < 1.29 is 0 Å². The summed E-state index contributed by atoms with van der Waals surface area (Å²) in [6, 6.07) is 18.1. The van der Waals surface area contributed by atoms with Gasteiger partial charge in [-0.1, -0.05) is 43.3 Å². The Hall–Kier alpha value is -2.12. The van der Waals surface area contributed by atoms with Gasteiger partial charge in [0.15, 0.2) is 0 Å². The third-order valence-corrected chi connectivity index (χ3v) is 5.86. The van der Waals surface area contributed by atoms with Gasteiger partial charge in [-0.3, -0.25) is 0 Å². The van der Waals surface area contributed by atoms with E-state index in [2.05, 4.69) is 67.6 Å². The largest absolute Gasteiger partial charge is 0.135 e. The number of hydrogen-bond acceptors (Lipinski definition) is 1. The molecule has 4 aromatic rings. The highest BCUT2D eigenvalue weighted by atomic mass is 32.1. The summed E-state index contributed by atoms with van der Waals surface area (Å²) in [6.07, 6.45) is 5.80. The maximum atomic E-state index is 2.42. The van der Waals surface area contributed by atoms with Gasteiger partial charge in [0.05, 0.1) is 0 Å². The van der Waals surface area contributed by atoms with Crippen LogP contribution < -0.4 is 0 Å². The Morgan fingerprint density at radius 1 is 0.909 bits per heavy atom. The molecular weight excluding hydrogens is 284 g/mol. The number of fused-ring (bicyclic) bond motifs is 5. The molecule has 0 fully saturated rings. The smallest absolute Gasteiger partial charge is 0.0361 e. The summed E-state index contributed by atoms with van der Waals surface area (Å²) in [5.41, 5.74) is 2.90. The summed E-state index contributed by atoms with van der Waals surface area (Å²) in [4.78, 5) is 0. The van der Waals surface area contributed by atoms with Crippen molar-refractivity contribution in [2.24, 2.45) is 5.92 Å². The number of thiophene rings is 1. The molecule has 5 rings (SSSR count). The van der Waals surface area contributed by atoms with Crippen LogP contribution in [0.5, 0.6) is 0 Å². The Morgan fingerprint density at radius 2 is 1.64 bits per heavy atom. The highest BCUT2D eigenvalue weighted by Gasteiger charge is 2.14. The highest BCUT2D eigenvalue weighted by Crippen LogP contribution is 2.39. The Labute approximate surface area is 133 Å². The normalized spacial score (nSPS) is 17.4. The molecule has 0 saturated carbocycles. The predicted octanol–water partition coefficient (Wildman–Crippen LogP) is 6.41. The fourth-order valence-electron chi connectivity index (χ4n) is 3.58. The maximum Gasteiger partial charge on any atom is 0.0361 e. The molecule has 1 aromatic heterocycles. The lowest BCUT2D eigenvalue weighted by Gasteiger charge is -2.15. The molecule has 0 radical (unpaired) electrons. The Morgan fingerprint density at radius 3 is 2.50 bits per heavy atom. The molecule has 22 heavy (non-hydrogen) atoms. The van der Waals surface area contributed by atoms with Gasteiger partial charge >= 0.3 is 0 Å². The summed E-state index contributed by atoms with van der Waals surface area (Å²) >= 11 is 1.93. The van der Waals surface area contributed by atoms with Crippen LogP contribution in [0.4, 0.5) is 0 Å². The molecule has 1 aliphatic carbocycles. The lowest BCUT2D eigenvalue weighted by atomic mass is 9.90. The summed E-state index contributed by atoms with van der Waals surface area (Å²) in [6.45, 7) is 2.29. The third kappa shape index (κ3) is 1.75. The van der Waals surface area contributed by atoms with E-state index in [4.69, 9.17) is 0 Å². The number of hydrogen-bond donors (Lipinski definition) is 0. The zero-order valence-electron chi connectivity index (χ0n) is 12.5. The van der Waals surface area contributed by atoms with Crippen LogP contribution in [0.3, 0.4) is 0 Å². The summed E-state index contributed by atoms with van der Waals surface area (Å²) in [5.74, 6) is 0.655. The van der Waals surface area contributed by atoms with Crippen molar-refractivity contribution in [3.63, 3.8) is 0 Å². The Balaban J connectivity index is 1.88. The number of allylic oxidation sites excluding steroid dienone is 1. The molecule has 1 aliphatic rings. The second-order valence-corrected chi connectivity index (χ2v) is 7.47. The topological polar surface area (TPSA) is 0 Å². The lowest BCUT2D eigenvalue weighted by Crippen LogP contribution is -2.02. The molecule has 0 N–H and O–H groups in total. The molecule has 1 heterocycles. The highest BCUT2D eigenvalue weighted by molar-refractivity contribution is 7.25. The first kappa shape index (κ1) is 12.4. The summed E-state index contributed by atoms with van der Waals surface area (Å²) in [5, 5.41) is 5.47. The zero-order valence-corrected chi connectivity index (χ0v) is 13.3. The molecule has 1 atom stereocenters. The molecular formula is C21H16S. The maximum absolute atomic E-state index is 2.42. The van der Waals surface area contributed by atoms with Crippen LogP contribution in [0, 0.1) is 5.92 Å². The van der Waals surface area contributed by atoms with Crippen LogP contribution in [-0.4, -0.2) is 0 Å². The second kappa shape index (κ2) is 4.44. The fraction of sp³-hybridized carbons (Fsp3) is 0.143. The van der Waals surface area contributed by atoms with Crippen LogP contribution in [0.2, 0.25) is 0 Å². The fourth-order valence-corrected chi connectivity index (χ4v) is 4.76. The van der Waals surface area contributed by atoms with E-state index in [1.807, 2.05) is 11.3 Å². The van der Waals surface area contributed by atoms with E-state index in [-0.39, 0.29) is 0 Å². The van der Waals surface area contributed by atoms with Gasteiger partial charge in [-0.05, 0) is 58.5 Å². The van der Waals surface area contributed by atoms with Crippen molar-refractivity contribution in [2.75, 3.05) is 0 Å². The van der Waals surface area contributed by atoms with Crippen LogP contribution in [0.1, 0.15) is 18.1 Å². The lowest BCUT2D eigenvalue weighted by molar-refractivity contribution is 0.718. The van der Waals surface area contributed by atoms with E-state index in [0.717, 1.165) is 6.42 Å². The standard InChI is InChI=1S/C21H16S/c1-13-6-7-16-10-19-18-9-14-4-2-3-5-15(14)11-20(18)22-21(19)12-17(16)8-13/h2-7,9-13H,8H2,1H3. The average Bonchev–Trinajstić information content (AvgIpc) is 2.87. The molecule has 0 bridgehead atoms. The van der Waals surface area contributed by atoms with E-state index in [1.165, 1.54) is 42.1 Å². The first-order valence-electron chi connectivity index (χ1n) is 7.84. The van der Waals surface area contributed by atoms with E-state index in [9.17, 15) is 0 Å². The van der Waals surface area contributed by atoms with Crippen molar-refractivity contribution in [3.8, 4) is 0 Å². The van der Waals surface area contributed by atoms with Crippen LogP contribution in [0.25, 0.3) is 37.0 Å². The average molecular weight is 300 g/mol. The molecule has 0 nitrogen and oxygen atoms in total. The van der Waals surface area contributed by atoms with Gasteiger partial charge in [0.1, 0.15) is 0 Å². The van der Waals surface area contributed by atoms with Crippen molar-refractivity contribution in [1.82, 2.24) is 0 Å². The third-order valence-electron chi connectivity index (χ3n) is 4.75. The first-order valence-corrected chi connectivity index (χ1v) is 8.66.